The van der Waals surface area contributed by atoms with Gasteiger partial charge < -0.3 is 0 Å². The molecule has 1 aliphatic rings. The molecule has 0 saturated heterocycles. The highest BCUT2D eigenvalue weighted by Crippen LogP contribution is 2.32. The van der Waals surface area contributed by atoms with Gasteiger partial charge in [-0.15, -0.1) is 0 Å². The van der Waals surface area contributed by atoms with Crippen molar-refractivity contribution in [1.29, 1.82) is 0 Å². The van der Waals surface area contributed by atoms with Crippen molar-refractivity contribution in [3.05, 3.63) is 22.3 Å². The van der Waals surface area contributed by atoms with Gasteiger partial charge in [0.2, 0.25) is 0 Å². The molecule has 0 aromatic carbocycles. The number of carbonyl (C=O) groups excluding carboxylic acids is 2. The Labute approximate surface area is 97.4 Å². The summed E-state index contributed by atoms with van der Waals surface area (Å²) in [5.41, 5.74) is 2.64. The lowest BCUT2D eigenvalue weighted by molar-refractivity contribution is -0.117. The molecule has 0 saturated carbocycles. The molecule has 0 heterocycles. The van der Waals surface area contributed by atoms with Crippen LogP contribution in [0.25, 0.3) is 0 Å². The monoisotopic (exact) mass is 220 g/mol. The number of hydrogen-bond acceptors (Lipinski definition) is 2. The van der Waals surface area contributed by atoms with Gasteiger partial charge in [0.25, 0.3) is 0 Å². The van der Waals surface area contributed by atoms with Crippen LogP contribution >= 0.6 is 0 Å². The maximum Gasteiger partial charge on any atom is 0.186 e. The summed E-state index contributed by atoms with van der Waals surface area (Å²) < 4.78 is 0. The van der Waals surface area contributed by atoms with Crippen molar-refractivity contribution < 1.29 is 9.59 Å². The van der Waals surface area contributed by atoms with Crippen molar-refractivity contribution in [2.45, 2.75) is 41.5 Å². The summed E-state index contributed by atoms with van der Waals surface area (Å²) in [5.74, 6) is 0.322. The minimum absolute atomic E-state index is 0.0343. The third kappa shape index (κ3) is 1.89. The molecule has 1 rings (SSSR count). The molecule has 0 aliphatic heterocycles. The molecule has 0 N–H and O–H groups in total. The van der Waals surface area contributed by atoms with Crippen LogP contribution in [-0.2, 0) is 9.59 Å². The zero-order valence-electron chi connectivity index (χ0n) is 11.0. The second-order valence-corrected chi connectivity index (χ2v) is 5.04. The molecule has 1 aliphatic carbocycles. The molecular weight excluding hydrogens is 200 g/mol. The average Bonchev–Trinajstić information content (AvgIpc) is 2.13. The number of allylic oxidation sites excluding steroid dienone is 4. The van der Waals surface area contributed by atoms with Gasteiger partial charge in [-0.2, -0.15) is 0 Å². The maximum absolute atomic E-state index is 12.3. The van der Waals surface area contributed by atoms with Gasteiger partial charge in [-0.3, -0.25) is 9.59 Å². The summed E-state index contributed by atoms with van der Waals surface area (Å²) in [6.45, 7) is 11.4. The van der Waals surface area contributed by atoms with Crippen molar-refractivity contribution in [2.75, 3.05) is 0 Å². The van der Waals surface area contributed by atoms with Gasteiger partial charge in [0.1, 0.15) is 0 Å². The summed E-state index contributed by atoms with van der Waals surface area (Å²) in [6.07, 6.45) is 0. The van der Waals surface area contributed by atoms with E-state index in [1.54, 1.807) is 13.8 Å². The van der Waals surface area contributed by atoms with Crippen molar-refractivity contribution >= 4 is 11.6 Å². The number of ketones is 2. The fourth-order valence-corrected chi connectivity index (χ4v) is 2.40. The van der Waals surface area contributed by atoms with E-state index >= 15 is 0 Å². The lowest BCUT2D eigenvalue weighted by atomic mass is 9.77. The molecule has 0 bridgehead atoms. The lowest BCUT2D eigenvalue weighted by Crippen LogP contribution is -2.26. The van der Waals surface area contributed by atoms with E-state index in [1.165, 1.54) is 0 Å². The lowest BCUT2D eigenvalue weighted by Gasteiger charge is -2.24. The molecule has 0 unspecified atom stereocenters. The molecule has 0 fully saturated rings. The van der Waals surface area contributed by atoms with Crippen LogP contribution in [0, 0.1) is 11.8 Å². The summed E-state index contributed by atoms with van der Waals surface area (Å²) in [6, 6.07) is 0. The van der Waals surface area contributed by atoms with Crippen LogP contribution < -0.4 is 0 Å². The minimum Gasteiger partial charge on any atom is -0.289 e. The Balaban J connectivity index is 3.39. The number of carbonyl (C=O) groups is 2. The summed E-state index contributed by atoms with van der Waals surface area (Å²) >= 11 is 0. The Hall–Kier alpha value is -1.18. The van der Waals surface area contributed by atoms with Crippen molar-refractivity contribution in [3.8, 4) is 0 Å². The Kier molecular flexibility index (Phi) is 3.51. The van der Waals surface area contributed by atoms with Gasteiger partial charge in [0.15, 0.2) is 11.6 Å². The Bertz CT molecular complexity index is 370. The largest absolute Gasteiger partial charge is 0.289 e. The van der Waals surface area contributed by atoms with E-state index in [0.717, 1.165) is 0 Å². The van der Waals surface area contributed by atoms with E-state index in [9.17, 15) is 9.59 Å². The quantitative estimate of drug-likeness (QED) is 0.670. The molecule has 0 spiro atoms. The van der Waals surface area contributed by atoms with Crippen molar-refractivity contribution in [1.82, 2.24) is 0 Å². The molecule has 0 aromatic rings. The maximum atomic E-state index is 12.3. The fourth-order valence-electron chi connectivity index (χ4n) is 2.40. The second-order valence-electron chi connectivity index (χ2n) is 5.04. The topological polar surface area (TPSA) is 34.1 Å². The molecule has 2 heteroatoms. The zero-order valence-corrected chi connectivity index (χ0v) is 11.0. The van der Waals surface area contributed by atoms with Gasteiger partial charge in [-0.25, -0.2) is 0 Å². The predicted octanol–water partition coefficient (Wildman–Crippen LogP) is 3.08. The Morgan fingerprint density at radius 3 is 1.25 bits per heavy atom. The summed E-state index contributed by atoms with van der Waals surface area (Å²) in [7, 11) is 0. The zero-order chi connectivity index (χ0) is 12.6. The Morgan fingerprint density at radius 1 is 0.688 bits per heavy atom. The van der Waals surface area contributed by atoms with E-state index in [1.807, 2.05) is 27.7 Å². The molecule has 2 nitrogen and oxygen atoms in total. The second kappa shape index (κ2) is 4.36. The number of Topliss-reactive ketones (excluding diaryl/α,β-unsaturated/α-hetero) is 2. The molecule has 0 aromatic heterocycles. The SMILES string of the molecule is CC1=C(C(C)C)C(=O)C(C(C)C)=C(C)C1=O. The first-order valence-electron chi connectivity index (χ1n) is 5.79. The van der Waals surface area contributed by atoms with E-state index in [4.69, 9.17) is 0 Å². The highest BCUT2D eigenvalue weighted by atomic mass is 16.1. The molecular formula is C14H20O2. The van der Waals surface area contributed by atoms with Gasteiger partial charge in [-0.1, -0.05) is 27.7 Å². The third-order valence-electron chi connectivity index (χ3n) is 3.13. The van der Waals surface area contributed by atoms with E-state index in [-0.39, 0.29) is 23.4 Å². The molecule has 16 heavy (non-hydrogen) atoms. The van der Waals surface area contributed by atoms with Gasteiger partial charge >= 0.3 is 0 Å². The normalized spacial score (nSPS) is 18.2. The fraction of sp³-hybridized carbons (Fsp3) is 0.571. The highest BCUT2D eigenvalue weighted by Gasteiger charge is 2.32. The average molecular weight is 220 g/mol. The van der Waals surface area contributed by atoms with Crippen LogP contribution in [0.5, 0.6) is 0 Å². The van der Waals surface area contributed by atoms with Crippen molar-refractivity contribution in [2.24, 2.45) is 11.8 Å². The third-order valence-corrected chi connectivity index (χ3v) is 3.13. The van der Waals surface area contributed by atoms with Crippen molar-refractivity contribution in [3.63, 3.8) is 0 Å². The van der Waals surface area contributed by atoms with E-state index in [0.29, 0.717) is 22.3 Å². The van der Waals surface area contributed by atoms with Crippen LogP contribution in [0.2, 0.25) is 0 Å². The predicted molar refractivity (Wildman–Crippen MR) is 65.1 cm³/mol. The van der Waals surface area contributed by atoms with E-state index < -0.39 is 0 Å². The van der Waals surface area contributed by atoms with E-state index in [2.05, 4.69) is 0 Å². The Morgan fingerprint density at radius 2 is 1.00 bits per heavy atom. The molecule has 88 valence electrons. The van der Waals surface area contributed by atoms with Crippen LogP contribution in [0.15, 0.2) is 22.3 Å². The molecule has 0 atom stereocenters. The summed E-state index contributed by atoms with van der Waals surface area (Å²) in [4.78, 5) is 24.3. The first kappa shape index (κ1) is 12.9. The van der Waals surface area contributed by atoms with Crippen LogP contribution in [0.4, 0.5) is 0 Å². The molecule has 0 radical (unpaired) electrons. The first-order valence-corrected chi connectivity index (χ1v) is 5.79. The highest BCUT2D eigenvalue weighted by molar-refractivity contribution is 6.25. The standard InChI is InChI=1S/C14H20O2/c1-7(2)11-9(5)13(15)10(6)12(8(3)4)14(11)16/h7-8H,1-6H3. The number of hydrogen-bond donors (Lipinski definition) is 0. The van der Waals surface area contributed by atoms with Crippen LogP contribution in [-0.4, -0.2) is 11.6 Å². The smallest absolute Gasteiger partial charge is 0.186 e. The van der Waals surface area contributed by atoms with Crippen LogP contribution in [0.1, 0.15) is 41.5 Å². The first-order chi connectivity index (χ1) is 7.29. The van der Waals surface area contributed by atoms with Crippen LogP contribution in [0.3, 0.4) is 0 Å². The molecule has 0 amide bonds. The van der Waals surface area contributed by atoms with Gasteiger partial charge in [-0.05, 0) is 25.7 Å². The van der Waals surface area contributed by atoms with Gasteiger partial charge in [0.05, 0.1) is 0 Å². The minimum atomic E-state index is 0.0343. The van der Waals surface area contributed by atoms with Gasteiger partial charge in [0, 0.05) is 22.3 Å². The summed E-state index contributed by atoms with van der Waals surface area (Å²) in [5, 5.41) is 0. The number of rotatable bonds is 2.